The van der Waals surface area contributed by atoms with Crippen molar-refractivity contribution in [2.24, 2.45) is 0 Å². The zero-order valence-corrected chi connectivity index (χ0v) is 11.9. The number of amides is 1. The van der Waals surface area contributed by atoms with Gasteiger partial charge in [-0.2, -0.15) is 0 Å². The Morgan fingerprint density at radius 3 is 2.41 bits per heavy atom. The standard InChI is InChI=1S/C18H15N3O/c22-18(20-13-14-7-2-1-3-8-14)17-11-6-10-16(21-17)15-9-4-5-12-19-15/h1-12H,13H2,(H,20,22). The molecule has 0 fully saturated rings. The van der Waals surface area contributed by atoms with Crippen LogP contribution in [0.1, 0.15) is 16.1 Å². The smallest absolute Gasteiger partial charge is 0.270 e. The third-order valence-corrected chi connectivity index (χ3v) is 3.20. The largest absolute Gasteiger partial charge is 0.347 e. The minimum Gasteiger partial charge on any atom is -0.347 e. The Morgan fingerprint density at radius 1 is 0.864 bits per heavy atom. The molecule has 0 bridgehead atoms. The van der Waals surface area contributed by atoms with Gasteiger partial charge in [-0.3, -0.25) is 9.78 Å². The van der Waals surface area contributed by atoms with Crippen molar-refractivity contribution in [3.63, 3.8) is 0 Å². The summed E-state index contributed by atoms with van der Waals surface area (Å²) in [4.78, 5) is 20.8. The summed E-state index contributed by atoms with van der Waals surface area (Å²) < 4.78 is 0. The van der Waals surface area contributed by atoms with Gasteiger partial charge < -0.3 is 5.32 Å². The van der Waals surface area contributed by atoms with E-state index in [2.05, 4.69) is 15.3 Å². The Hall–Kier alpha value is -3.01. The molecular weight excluding hydrogens is 274 g/mol. The predicted octanol–water partition coefficient (Wildman–Crippen LogP) is 3.07. The molecule has 0 aliphatic heterocycles. The molecule has 0 atom stereocenters. The molecule has 22 heavy (non-hydrogen) atoms. The van der Waals surface area contributed by atoms with Gasteiger partial charge in [0, 0.05) is 12.7 Å². The molecule has 0 aliphatic rings. The van der Waals surface area contributed by atoms with Gasteiger partial charge in [0.05, 0.1) is 11.4 Å². The van der Waals surface area contributed by atoms with E-state index in [1.165, 1.54) is 0 Å². The number of carbonyl (C=O) groups excluding carboxylic acids is 1. The molecule has 1 amide bonds. The molecule has 3 rings (SSSR count). The maximum atomic E-state index is 12.2. The van der Waals surface area contributed by atoms with E-state index in [0.717, 1.165) is 11.3 Å². The Bertz CT molecular complexity index is 758. The van der Waals surface area contributed by atoms with Crippen LogP contribution in [0.4, 0.5) is 0 Å². The van der Waals surface area contributed by atoms with Crippen molar-refractivity contribution in [2.45, 2.75) is 6.54 Å². The molecule has 0 unspecified atom stereocenters. The lowest BCUT2D eigenvalue weighted by Crippen LogP contribution is -2.23. The quantitative estimate of drug-likeness (QED) is 0.803. The van der Waals surface area contributed by atoms with Crippen molar-refractivity contribution in [3.05, 3.63) is 84.2 Å². The van der Waals surface area contributed by atoms with Gasteiger partial charge in [0.25, 0.3) is 5.91 Å². The fourth-order valence-corrected chi connectivity index (χ4v) is 2.09. The number of benzene rings is 1. The van der Waals surface area contributed by atoms with Crippen LogP contribution in [0.3, 0.4) is 0 Å². The Kier molecular flexibility index (Phi) is 4.20. The molecule has 3 aromatic rings. The lowest BCUT2D eigenvalue weighted by molar-refractivity contribution is 0.0946. The summed E-state index contributed by atoms with van der Waals surface area (Å²) in [5.74, 6) is -0.193. The lowest BCUT2D eigenvalue weighted by atomic mass is 10.2. The van der Waals surface area contributed by atoms with E-state index in [9.17, 15) is 4.79 Å². The number of nitrogens with zero attached hydrogens (tertiary/aromatic N) is 2. The molecule has 0 saturated heterocycles. The van der Waals surface area contributed by atoms with Crippen LogP contribution >= 0.6 is 0 Å². The second kappa shape index (κ2) is 6.63. The summed E-state index contributed by atoms with van der Waals surface area (Å²) in [6.07, 6.45) is 1.71. The van der Waals surface area contributed by atoms with Gasteiger partial charge in [-0.05, 0) is 29.8 Å². The van der Waals surface area contributed by atoms with E-state index in [1.54, 1.807) is 12.3 Å². The van der Waals surface area contributed by atoms with Gasteiger partial charge in [0.2, 0.25) is 0 Å². The zero-order valence-electron chi connectivity index (χ0n) is 11.9. The van der Waals surface area contributed by atoms with Crippen LogP contribution < -0.4 is 5.32 Å². The zero-order chi connectivity index (χ0) is 15.2. The van der Waals surface area contributed by atoms with E-state index >= 15 is 0 Å². The average Bonchev–Trinajstić information content (AvgIpc) is 2.61. The molecule has 1 N–H and O–H groups in total. The maximum absolute atomic E-state index is 12.2. The minimum absolute atomic E-state index is 0.193. The van der Waals surface area contributed by atoms with Crippen molar-refractivity contribution in [1.82, 2.24) is 15.3 Å². The molecule has 0 saturated carbocycles. The van der Waals surface area contributed by atoms with Gasteiger partial charge in [-0.1, -0.05) is 42.5 Å². The first kappa shape index (κ1) is 13.9. The van der Waals surface area contributed by atoms with Crippen molar-refractivity contribution < 1.29 is 4.79 Å². The van der Waals surface area contributed by atoms with Gasteiger partial charge in [-0.25, -0.2) is 4.98 Å². The normalized spacial score (nSPS) is 10.2. The number of hydrogen-bond donors (Lipinski definition) is 1. The summed E-state index contributed by atoms with van der Waals surface area (Å²) in [5.41, 5.74) is 2.88. The number of nitrogens with one attached hydrogen (secondary N) is 1. The Labute approximate surface area is 128 Å². The number of carbonyl (C=O) groups is 1. The van der Waals surface area contributed by atoms with Crippen molar-refractivity contribution in [1.29, 1.82) is 0 Å². The Balaban J connectivity index is 1.73. The highest BCUT2D eigenvalue weighted by atomic mass is 16.1. The molecule has 0 radical (unpaired) electrons. The van der Waals surface area contributed by atoms with E-state index in [-0.39, 0.29) is 5.91 Å². The van der Waals surface area contributed by atoms with E-state index in [0.29, 0.717) is 17.9 Å². The van der Waals surface area contributed by atoms with Crippen LogP contribution in [-0.4, -0.2) is 15.9 Å². The molecule has 4 nitrogen and oxygen atoms in total. The highest BCUT2D eigenvalue weighted by Crippen LogP contribution is 2.13. The average molecular weight is 289 g/mol. The maximum Gasteiger partial charge on any atom is 0.270 e. The van der Waals surface area contributed by atoms with E-state index in [1.807, 2.05) is 60.7 Å². The van der Waals surface area contributed by atoms with Gasteiger partial charge >= 0.3 is 0 Å². The van der Waals surface area contributed by atoms with Crippen molar-refractivity contribution >= 4 is 5.91 Å². The van der Waals surface area contributed by atoms with Crippen molar-refractivity contribution in [3.8, 4) is 11.4 Å². The summed E-state index contributed by atoms with van der Waals surface area (Å²) in [6.45, 7) is 0.481. The number of pyridine rings is 2. The predicted molar refractivity (Wildman–Crippen MR) is 85.1 cm³/mol. The van der Waals surface area contributed by atoms with Crippen LogP contribution in [0.2, 0.25) is 0 Å². The van der Waals surface area contributed by atoms with Crippen molar-refractivity contribution in [2.75, 3.05) is 0 Å². The first-order valence-electron chi connectivity index (χ1n) is 7.03. The third kappa shape index (κ3) is 3.35. The topological polar surface area (TPSA) is 54.9 Å². The van der Waals surface area contributed by atoms with Gasteiger partial charge in [0.15, 0.2) is 0 Å². The van der Waals surface area contributed by atoms with Gasteiger partial charge in [0.1, 0.15) is 5.69 Å². The fourth-order valence-electron chi connectivity index (χ4n) is 2.09. The number of aromatic nitrogens is 2. The van der Waals surface area contributed by atoms with Crippen LogP contribution in [0.5, 0.6) is 0 Å². The molecule has 4 heteroatoms. The second-order valence-corrected chi connectivity index (χ2v) is 4.79. The SMILES string of the molecule is O=C(NCc1ccccc1)c1cccc(-c2ccccn2)n1. The van der Waals surface area contributed by atoms with E-state index in [4.69, 9.17) is 0 Å². The Morgan fingerprint density at radius 2 is 1.64 bits per heavy atom. The molecule has 2 heterocycles. The monoisotopic (exact) mass is 289 g/mol. The summed E-state index contributed by atoms with van der Waals surface area (Å²) in [6, 6.07) is 20.7. The lowest BCUT2D eigenvalue weighted by Gasteiger charge is -2.06. The summed E-state index contributed by atoms with van der Waals surface area (Å²) >= 11 is 0. The summed E-state index contributed by atoms with van der Waals surface area (Å²) in [5, 5.41) is 2.87. The number of rotatable bonds is 4. The molecule has 108 valence electrons. The highest BCUT2D eigenvalue weighted by Gasteiger charge is 2.09. The van der Waals surface area contributed by atoms with Crippen LogP contribution in [0.15, 0.2) is 72.9 Å². The van der Waals surface area contributed by atoms with Crippen LogP contribution in [0.25, 0.3) is 11.4 Å². The molecule has 0 aliphatic carbocycles. The second-order valence-electron chi connectivity index (χ2n) is 4.79. The fraction of sp³-hybridized carbons (Fsp3) is 0.0556. The highest BCUT2D eigenvalue weighted by molar-refractivity contribution is 5.92. The van der Waals surface area contributed by atoms with E-state index < -0.39 is 0 Å². The minimum atomic E-state index is -0.193. The molecule has 1 aromatic carbocycles. The first-order valence-corrected chi connectivity index (χ1v) is 7.03. The summed E-state index contributed by atoms with van der Waals surface area (Å²) in [7, 11) is 0. The van der Waals surface area contributed by atoms with Gasteiger partial charge in [-0.15, -0.1) is 0 Å². The molecule has 2 aromatic heterocycles. The number of hydrogen-bond acceptors (Lipinski definition) is 3. The first-order chi connectivity index (χ1) is 10.8. The molecule has 0 spiro atoms. The third-order valence-electron chi connectivity index (χ3n) is 3.20. The molecular formula is C18H15N3O. The van der Waals surface area contributed by atoms with Crippen LogP contribution in [-0.2, 0) is 6.54 Å². The van der Waals surface area contributed by atoms with Crippen LogP contribution in [0, 0.1) is 0 Å².